The van der Waals surface area contributed by atoms with Crippen LogP contribution in [0.25, 0.3) is 0 Å². The predicted molar refractivity (Wildman–Crippen MR) is 69.2 cm³/mol. The summed E-state index contributed by atoms with van der Waals surface area (Å²) in [7, 11) is 0. The number of urea groups is 1. The normalized spacial score (nSPS) is 17.4. The van der Waals surface area contributed by atoms with Gasteiger partial charge in [0.05, 0.1) is 6.54 Å². The second-order valence-electron chi connectivity index (χ2n) is 4.44. The molecule has 1 aliphatic rings. The summed E-state index contributed by atoms with van der Waals surface area (Å²) in [4.78, 5) is 36.3. The first-order valence-corrected chi connectivity index (χ1v) is 6.33. The number of rotatable bonds is 5. The molecule has 1 atom stereocenters. The lowest BCUT2D eigenvalue weighted by atomic mass is 10.2. The molecule has 0 radical (unpaired) electrons. The van der Waals surface area contributed by atoms with Crippen molar-refractivity contribution in [2.45, 2.75) is 13.0 Å². The van der Waals surface area contributed by atoms with Crippen molar-refractivity contribution in [1.29, 1.82) is 0 Å². The minimum Gasteiger partial charge on any atom is -0.480 e. The van der Waals surface area contributed by atoms with Crippen molar-refractivity contribution < 1.29 is 24.2 Å². The summed E-state index contributed by atoms with van der Waals surface area (Å²) in [6.07, 6.45) is -0.879. The maximum absolute atomic E-state index is 11.8. The number of aliphatic carboxylic acids is 1. The van der Waals surface area contributed by atoms with Gasteiger partial charge in [-0.15, -0.1) is 0 Å². The van der Waals surface area contributed by atoms with Gasteiger partial charge in [-0.2, -0.15) is 0 Å². The maximum atomic E-state index is 11.8. The molecule has 3 amide bonds. The number of nitrogens with two attached hydrogens (primary N) is 1. The van der Waals surface area contributed by atoms with Crippen LogP contribution >= 0.6 is 0 Å². The van der Waals surface area contributed by atoms with Gasteiger partial charge in [0.1, 0.15) is 12.6 Å². The average Bonchev–Trinajstić information content (AvgIpc) is 2.42. The molecule has 114 valence electrons. The lowest BCUT2D eigenvalue weighted by Crippen LogP contribution is -2.55. The Hall–Kier alpha value is -2.03. The van der Waals surface area contributed by atoms with E-state index in [2.05, 4.69) is 10.1 Å². The van der Waals surface area contributed by atoms with E-state index < -0.39 is 18.1 Å². The summed E-state index contributed by atoms with van der Waals surface area (Å²) in [5.41, 5.74) is 4.78. The fourth-order valence-electron chi connectivity index (χ4n) is 1.89. The molecule has 0 saturated carbocycles. The third-order valence-electron chi connectivity index (χ3n) is 3.13. The van der Waals surface area contributed by atoms with Gasteiger partial charge in [-0.25, -0.2) is 9.59 Å². The Balaban J connectivity index is 2.25. The number of carboxylic acid groups (broad SMARTS) is 1. The molecule has 0 aromatic carbocycles. The number of hydrogen-bond acceptors (Lipinski definition) is 5. The number of hydrogen-bond donors (Lipinski definition) is 3. The number of ether oxygens (including phenoxy) is 1. The van der Waals surface area contributed by atoms with Crippen molar-refractivity contribution in [2.75, 3.05) is 39.3 Å². The molecular weight excluding hydrogens is 268 g/mol. The highest BCUT2D eigenvalue weighted by atomic mass is 16.5. The van der Waals surface area contributed by atoms with E-state index in [1.165, 1.54) is 0 Å². The first-order chi connectivity index (χ1) is 9.41. The van der Waals surface area contributed by atoms with E-state index in [1.807, 2.05) is 4.90 Å². The highest BCUT2D eigenvalue weighted by Gasteiger charge is 2.26. The molecule has 0 aromatic heterocycles. The number of amides is 3. The molecule has 9 nitrogen and oxygen atoms in total. The van der Waals surface area contributed by atoms with Crippen LogP contribution in [0.1, 0.15) is 6.92 Å². The first kappa shape index (κ1) is 16.0. The fraction of sp³-hybridized carbons (Fsp3) is 0.727. The Morgan fingerprint density at radius 3 is 2.40 bits per heavy atom. The molecule has 0 spiro atoms. The van der Waals surface area contributed by atoms with Crippen LogP contribution in [0.3, 0.4) is 0 Å². The molecule has 0 bridgehead atoms. The van der Waals surface area contributed by atoms with E-state index in [0.29, 0.717) is 26.2 Å². The first-order valence-electron chi connectivity index (χ1n) is 6.33. The maximum Gasteiger partial charge on any atom is 0.404 e. The summed E-state index contributed by atoms with van der Waals surface area (Å²) in [5, 5.41) is 11.5. The second kappa shape index (κ2) is 7.53. The van der Waals surface area contributed by atoms with Crippen molar-refractivity contribution in [3.63, 3.8) is 0 Å². The molecular formula is C11H20N4O5. The molecule has 1 fully saturated rings. The van der Waals surface area contributed by atoms with Gasteiger partial charge in [-0.05, 0) is 6.92 Å². The van der Waals surface area contributed by atoms with Crippen molar-refractivity contribution in [1.82, 2.24) is 15.1 Å². The predicted octanol–water partition coefficient (Wildman–Crippen LogP) is -1.12. The summed E-state index contributed by atoms with van der Waals surface area (Å²) < 4.78 is 4.49. The van der Waals surface area contributed by atoms with Crippen LogP contribution in [0.5, 0.6) is 0 Å². The van der Waals surface area contributed by atoms with Gasteiger partial charge in [0.15, 0.2) is 0 Å². The van der Waals surface area contributed by atoms with Crippen molar-refractivity contribution >= 4 is 18.1 Å². The lowest BCUT2D eigenvalue weighted by Gasteiger charge is -2.36. The Labute approximate surface area is 116 Å². The molecule has 0 aliphatic carbocycles. The zero-order chi connectivity index (χ0) is 15.1. The van der Waals surface area contributed by atoms with Crippen LogP contribution in [0.15, 0.2) is 0 Å². The van der Waals surface area contributed by atoms with Crippen LogP contribution in [0.2, 0.25) is 0 Å². The van der Waals surface area contributed by atoms with E-state index in [0.717, 1.165) is 0 Å². The van der Waals surface area contributed by atoms with Gasteiger partial charge in [0.25, 0.3) is 0 Å². The summed E-state index contributed by atoms with van der Waals surface area (Å²) in [5.74, 6) is -0.869. The molecule has 1 rings (SSSR count). The molecule has 4 N–H and O–H groups in total. The third kappa shape index (κ3) is 4.92. The fourth-order valence-corrected chi connectivity index (χ4v) is 1.89. The topological polar surface area (TPSA) is 125 Å². The molecule has 0 aromatic rings. The molecule has 1 saturated heterocycles. The smallest absolute Gasteiger partial charge is 0.404 e. The van der Waals surface area contributed by atoms with Crippen molar-refractivity contribution in [3.8, 4) is 0 Å². The Bertz CT molecular complexity index is 368. The highest BCUT2D eigenvalue weighted by Crippen LogP contribution is 2.06. The number of carbonyl (C=O) groups is 3. The number of carboxylic acids is 1. The van der Waals surface area contributed by atoms with Crippen LogP contribution < -0.4 is 11.1 Å². The highest BCUT2D eigenvalue weighted by molar-refractivity contribution is 5.75. The second-order valence-corrected chi connectivity index (χ2v) is 4.44. The lowest BCUT2D eigenvalue weighted by molar-refractivity contribution is -0.143. The zero-order valence-corrected chi connectivity index (χ0v) is 11.4. The number of piperazine rings is 1. The van der Waals surface area contributed by atoms with Gasteiger partial charge >= 0.3 is 18.1 Å². The SMILES string of the molecule is CC(C(=O)O)N1CCN(C(=O)NCCOC(N)=O)CC1. The van der Waals surface area contributed by atoms with E-state index in [4.69, 9.17) is 10.8 Å². The third-order valence-corrected chi connectivity index (χ3v) is 3.13. The molecule has 1 heterocycles. The van der Waals surface area contributed by atoms with E-state index in [1.54, 1.807) is 11.8 Å². The van der Waals surface area contributed by atoms with Crippen molar-refractivity contribution in [2.24, 2.45) is 5.73 Å². The van der Waals surface area contributed by atoms with E-state index in [9.17, 15) is 14.4 Å². The minimum absolute atomic E-state index is 0.0249. The number of nitrogens with one attached hydrogen (secondary N) is 1. The standard InChI is InChI=1S/C11H20N4O5/c1-8(9(16)17)14-3-5-15(6-4-14)11(19)13-2-7-20-10(12)18/h8H,2-7H2,1H3,(H2,12,18)(H,13,19)(H,16,17). The Kier molecular flexibility index (Phi) is 6.04. The summed E-state index contributed by atoms with van der Waals surface area (Å²) >= 11 is 0. The molecule has 20 heavy (non-hydrogen) atoms. The Morgan fingerprint density at radius 1 is 1.30 bits per heavy atom. The van der Waals surface area contributed by atoms with Gasteiger partial charge in [0, 0.05) is 26.2 Å². The summed E-state index contributed by atoms with van der Waals surface area (Å²) in [6, 6.07) is -0.815. The number of carbonyl (C=O) groups excluding carboxylic acids is 2. The zero-order valence-electron chi connectivity index (χ0n) is 11.4. The van der Waals surface area contributed by atoms with Gasteiger partial charge < -0.3 is 25.8 Å². The van der Waals surface area contributed by atoms with E-state index >= 15 is 0 Å². The van der Waals surface area contributed by atoms with Crippen molar-refractivity contribution in [3.05, 3.63) is 0 Å². The van der Waals surface area contributed by atoms with Gasteiger partial charge in [-0.3, -0.25) is 9.69 Å². The van der Waals surface area contributed by atoms with Gasteiger partial charge in [0.2, 0.25) is 0 Å². The quantitative estimate of drug-likeness (QED) is 0.550. The van der Waals surface area contributed by atoms with Crippen LogP contribution in [-0.2, 0) is 9.53 Å². The largest absolute Gasteiger partial charge is 0.480 e. The van der Waals surface area contributed by atoms with Crippen LogP contribution in [0, 0.1) is 0 Å². The molecule has 1 aliphatic heterocycles. The molecule has 1 unspecified atom stereocenters. The minimum atomic E-state index is -0.879. The van der Waals surface area contributed by atoms with Crippen LogP contribution in [0.4, 0.5) is 9.59 Å². The average molecular weight is 288 g/mol. The summed E-state index contributed by atoms with van der Waals surface area (Å²) in [6.45, 7) is 3.78. The van der Waals surface area contributed by atoms with Crippen LogP contribution in [-0.4, -0.2) is 78.4 Å². The Morgan fingerprint density at radius 2 is 1.90 bits per heavy atom. The van der Waals surface area contributed by atoms with Gasteiger partial charge in [-0.1, -0.05) is 0 Å². The monoisotopic (exact) mass is 288 g/mol. The number of primary amides is 1. The van der Waals surface area contributed by atoms with E-state index in [-0.39, 0.29) is 19.2 Å². The molecule has 9 heteroatoms. The number of nitrogens with zero attached hydrogens (tertiary/aromatic N) is 2.